The van der Waals surface area contributed by atoms with Gasteiger partial charge in [-0.3, -0.25) is 9.59 Å². The van der Waals surface area contributed by atoms with Crippen LogP contribution in [0.2, 0.25) is 0 Å². The summed E-state index contributed by atoms with van der Waals surface area (Å²) in [7, 11) is 1.88. The van der Waals surface area contributed by atoms with E-state index in [1.807, 2.05) is 47.2 Å². The molecular formula is C27H34FN3O2. The van der Waals surface area contributed by atoms with Crippen LogP contribution in [-0.4, -0.2) is 60.9 Å². The van der Waals surface area contributed by atoms with Crippen LogP contribution in [0.4, 0.5) is 10.1 Å². The standard InChI is InChI=1S/C27H34FN3O2/c1-29(26(32)20-21-10-12-23(28)13-11-21)24-14-16-30(17-15-24)18-19-31(25-8-3-2-4-9-25)27(33)22-6-5-7-22/h2-4,8-13,22,24H,5-7,14-20H2,1H3. The van der Waals surface area contributed by atoms with Crippen molar-refractivity contribution >= 4 is 17.5 Å². The van der Waals surface area contributed by atoms with E-state index >= 15 is 0 Å². The number of para-hydroxylation sites is 1. The molecule has 0 radical (unpaired) electrons. The van der Waals surface area contributed by atoms with Crippen LogP contribution < -0.4 is 4.90 Å². The molecule has 1 aliphatic carbocycles. The highest BCUT2D eigenvalue weighted by molar-refractivity contribution is 5.95. The lowest BCUT2D eigenvalue weighted by atomic mass is 9.84. The van der Waals surface area contributed by atoms with Gasteiger partial charge in [0.25, 0.3) is 0 Å². The Morgan fingerprint density at radius 2 is 1.64 bits per heavy atom. The largest absolute Gasteiger partial charge is 0.342 e. The van der Waals surface area contributed by atoms with Crippen molar-refractivity contribution < 1.29 is 14.0 Å². The van der Waals surface area contributed by atoms with Gasteiger partial charge < -0.3 is 14.7 Å². The second-order valence-electron chi connectivity index (χ2n) is 9.33. The molecule has 0 unspecified atom stereocenters. The molecule has 0 atom stereocenters. The van der Waals surface area contributed by atoms with Crippen molar-refractivity contribution in [2.75, 3.05) is 38.1 Å². The smallest absolute Gasteiger partial charge is 0.230 e. The van der Waals surface area contributed by atoms with Gasteiger partial charge in [-0.1, -0.05) is 36.8 Å². The Bertz CT molecular complexity index is 922. The van der Waals surface area contributed by atoms with Crippen LogP contribution in [0, 0.1) is 11.7 Å². The number of likely N-dealkylation sites (N-methyl/N-ethyl adjacent to an activating group) is 1. The summed E-state index contributed by atoms with van der Waals surface area (Å²) < 4.78 is 13.1. The summed E-state index contributed by atoms with van der Waals surface area (Å²) >= 11 is 0. The summed E-state index contributed by atoms with van der Waals surface area (Å²) in [5.74, 6) is 0.221. The predicted octanol–water partition coefficient (Wildman–Crippen LogP) is 4.12. The van der Waals surface area contributed by atoms with Crippen LogP contribution in [0.15, 0.2) is 54.6 Å². The Morgan fingerprint density at radius 1 is 0.970 bits per heavy atom. The fraction of sp³-hybridized carbons (Fsp3) is 0.481. The molecule has 6 heteroatoms. The molecule has 0 aromatic heterocycles. The summed E-state index contributed by atoms with van der Waals surface area (Å²) in [5, 5.41) is 0. The van der Waals surface area contributed by atoms with Crippen molar-refractivity contribution in [1.82, 2.24) is 9.80 Å². The molecule has 4 rings (SSSR count). The number of likely N-dealkylation sites (tertiary alicyclic amines) is 1. The molecule has 0 bridgehead atoms. The van der Waals surface area contributed by atoms with E-state index in [9.17, 15) is 14.0 Å². The Morgan fingerprint density at radius 3 is 2.24 bits per heavy atom. The predicted molar refractivity (Wildman–Crippen MR) is 128 cm³/mol. The molecule has 1 heterocycles. The van der Waals surface area contributed by atoms with E-state index in [4.69, 9.17) is 0 Å². The topological polar surface area (TPSA) is 43.9 Å². The van der Waals surface area contributed by atoms with Gasteiger partial charge in [-0.25, -0.2) is 4.39 Å². The van der Waals surface area contributed by atoms with Crippen molar-refractivity contribution in [2.24, 2.45) is 5.92 Å². The molecule has 1 saturated carbocycles. The molecule has 5 nitrogen and oxygen atoms in total. The molecule has 0 spiro atoms. The van der Waals surface area contributed by atoms with Crippen LogP contribution in [0.5, 0.6) is 0 Å². The number of hydrogen-bond donors (Lipinski definition) is 0. The minimum Gasteiger partial charge on any atom is -0.342 e. The average Bonchev–Trinajstić information content (AvgIpc) is 2.80. The number of rotatable bonds is 8. The first-order valence-corrected chi connectivity index (χ1v) is 12.1. The van der Waals surface area contributed by atoms with Crippen molar-refractivity contribution in [1.29, 1.82) is 0 Å². The number of halogens is 1. The van der Waals surface area contributed by atoms with Crippen molar-refractivity contribution in [2.45, 2.75) is 44.6 Å². The second kappa shape index (κ2) is 10.9. The van der Waals surface area contributed by atoms with Gasteiger partial charge in [0, 0.05) is 50.9 Å². The molecule has 176 valence electrons. The van der Waals surface area contributed by atoms with E-state index in [1.165, 1.54) is 12.1 Å². The van der Waals surface area contributed by atoms with Gasteiger partial charge in [0.15, 0.2) is 0 Å². The van der Waals surface area contributed by atoms with Crippen LogP contribution in [0.1, 0.15) is 37.7 Å². The molecule has 2 amide bonds. The lowest BCUT2D eigenvalue weighted by molar-refractivity contribution is -0.132. The average molecular weight is 452 g/mol. The molecule has 2 aliphatic rings. The van der Waals surface area contributed by atoms with Crippen LogP contribution in [0.25, 0.3) is 0 Å². The van der Waals surface area contributed by atoms with Crippen LogP contribution in [0.3, 0.4) is 0 Å². The molecule has 2 aromatic carbocycles. The first-order valence-electron chi connectivity index (χ1n) is 12.1. The molecule has 0 N–H and O–H groups in total. The maximum atomic E-state index is 13.1. The quantitative estimate of drug-likeness (QED) is 0.606. The van der Waals surface area contributed by atoms with Crippen LogP contribution >= 0.6 is 0 Å². The van der Waals surface area contributed by atoms with Gasteiger partial charge in [0.2, 0.25) is 11.8 Å². The molecule has 2 fully saturated rings. The zero-order valence-electron chi connectivity index (χ0n) is 19.5. The number of nitrogens with zero attached hydrogens (tertiary/aromatic N) is 3. The van der Waals surface area contributed by atoms with E-state index in [-0.39, 0.29) is 29.6 Å². The Balaban J connectivity index is 1.26. The number of benzene rings is 2. The summed E-state index contributed by atoms with van der Waals surface area (Å²) in [4.78, 5) is 31.9. The van der Waals surface area contributed by atoms with Gasteiger partial charge in [0.1, 0.15) is 5.82 Å². The van der Waals surface area contributed by atoms with Gasteiger partial charge in [0.05, 0.1) is 6.42 Å². The van der Waals surface area contributed by atoms with Crippen molar-refractivity contribution in [3.63, 3.8) is 0 Å². The molecule has 1 saturated heterocycles. The Hall–Kier alpha value is -2.73. The highest BCUT2D eigenvalue weighted by atomic mass is 19.1. The Labute approximate surface area is 196 Å². The molecular weight excluding hydrogens is 417 g/mol. The number of piperidine rings is 1. The zero-order chi connectivity index (χ0) is 23.2. The first kappa shape index (κ1) is 23.4. The summed E-state index contributed by atoms with van der Waals surface area (Å²) in [6.45, 7) is 3.37. The fourth-order valence-corrected chi connectivity index (χ4v) is 4.73. The van der Waals surface area contributed by atoms with Crippen LogP contribution in [-0.2, 0) is 16.0 Å². The fourth-order valence-electron chi connectivity index (χ4n) is 4.73. The molecule has 2 aromatic rings. The SMILES string of the molecule is CN(C(=O)Cc1ccc(F)cc1)C1CCN(CCN(C(=O)C2CCC2)c2ccccc2)CC1. The summed E-state index contributed by atoms with van der Waals surface area (Å²) in [5.41, 5.74) is 1.82. The minimum atomic E-state index is -0.285. The number of anilines is 1. The van der Waals surface area contributed by atoms with Gasteiger partial charge in [-0.15, -0.1) is 0 Å². The highest BCUT2D eigenvalue weighted by Crippen LogP contribution is 2.30. The normalized spacial score (nSPS) is 17.4. The van der Waals surface area contributed by atoms with Crippen molar-refractivity contribution in [3.8, 4) is 0 Å². The van der Waals surface area contributed by atoms with E-state index in [1.54, 1.807) is 12.1 Å². The molecule has 33 heavy (non-hydrogen) atoms. The van der Waals surface area contributed by atoms with E-state index in [0.29, 0.717) is 13.0 Å². The van der Waals surface area contributed by atoms with E-state index in [0.717, 1.165) is 63.0 Å². The van der Waals surface area contributed by atoms with E-state index < -0.39 is 0 Å². The summed E-state index contributed by atoms with van der Waals surface area (Å²) in [6.07, 6.45) is 5.31. The number of amides is 2. The van der Waals surface area contributed by atoms with E-state index in [2.05, 4.69) is 4.90 Å². The van der Waals surface area contributed by atoms with Gasteiger partial charge in [-0.05, 0) is 55.5 Å². The lowest BCUT2D eigenvalue weighted by Gasteiger charge is -2.38. The van der Waals surface area contributed by atoms with Gasteiger partial charge >= 0.3 is 0 Å². The maximum Gasteiger partial charge on any atom is 0.230 e. The lowest BCUT2D eigenvalue weighted by Crippen LogP contribution is -2.48. The third kappa shape index (κ3) is 5.99. The number of carbonyl (C=O) groups is 2. The number of hydrogen-bond acceptors (Lipinski definition) is 3. The monoisotopic (exact) mass is 451 g/mol. The third-order valence-corrected chi connectivity index (χ3v) is 7.19. The second-order valence-corrected chi connectivity index (χ2v) is 9.33. The third-order valence-electron chi connectivity index (χ3n) is 7.19. The number of carbonyl (C=O) groups excluding carboxylic acids is 2. The Kier molecular flexibility index (Phi) is 7.76. The summed E-state index contributed by atoms with van der Waals surface area (Å²) in [6, 6.07) is 16.4. The zero-order valence-corrected chi connectivity index (χ0v) is 19.5. The van der Waals surface area contributed by atoms with Gasteiger partial charge in [-0.2, -0.15) is 0 Å². The first-order chi connectivity index (χ1) is 16.0. The molecule has 1 aliphatic heterocycles. The van der Waals surface area contributed by atoms with Crippen molar-refractivity contribution in [3.05, 3.63) is 66.0 Å². The minimum absolute atomic E-state index is 0.0707. The highest BCUT2D eigenvalue weighted by Gasteiger charge is 2.31. The maximum absolute atomic E-state index is 13.1.